The molecule has 2 atom stereocenters. The number of hydrogen-bond acceptors (Lipinski definition) is 1. The molecule has 0 bridgehead atoms. The van der Waals surface area contributed by atoms with Gasteiger partial charge in [-0.15, -0.1) is 0 Å². The highest BCUT2D eigenvalue weighted by atomic mass is 19.1. The number of nitrogens with one attached hydrogen (secondary N) is 1. The van der Waals surface area contributed by atoms with Gasteiger partial charge in [0, 0.05) is 0 Å². The van der Waals surface area contributed by atoms with Gasteiger partial charge in [0.1, 0.15) is 5.82 Å². The molecular formula is C14H20FN. The fraction of sp³-hybridized carbons (Fsp3) is 0.571. The average Bonchev–Trinajstić information content (AvgIpc) is 2.25. The Morgan fingerprint density at radius 3 is 2.94 bits per heavy atom. The van der Waals surface area contributed by atoms with Gasteiger partial charge in [-0.1, -0.05) is 13.0 Å². The van der Waals surface area contributed by atoms with Crippen molar-refractivity contribution in [2.24, 2.45) is 11.8 Å². The summed E-state index contributed by atoms with van der Waals surface area (Å²) < 4.78 is 13.0. The number of rotatable bonds is 2. The summed E-state index contributed by atoms with van der Waals surface area (Å²) in [5, 5.41) is 3.41. The summed E-state index contributed by atoms with van der Waals surface area (Å²) in [5.74, 6) is 1.34. The van der Waals surface area contributed by atoms with Crippen molar-refractivity contribution in [2.75, 3.05) is 13.1 Å². The van der Waals surface area contributed by atoms with Gasteiger partial charge >= 0.3 is 0 Å². The molecule has 1 aromatic rings. The highest BCUT2D eigenvalue weighted by molar-refractivity contribution is 5.27. The van der Waals surface area contributed by atoms with E-state index in [2.05, 4.69) is 12.2 Å². The van der Waals surface area contributed by atoms with E-state index in [1.54, 1.807) is 12.1 Å². The van der Waals surface area contributed by atoms with Gasteiger partial charge in [-0.25, -0.2) is 4.39 Å². The van der Waals surface area contributed by atoms with E-state index in [-0.39, 0.29) is 5.82 Å². The molecule has 16 heavy (non-hydrogen) atoms. The van der Waals surface area contributed by atoms with Crippen molar-refractivity contribution in [1.29, 1.82) is 0 Å². The Balaban J connectivity index is 2.07. The summed E-state index contributed by atoms with van der Waals surface area (Å²) in [6.45, 7) is 6.54. The molecule has 0 amide bonds. The van der Waals surface area contributed by atoms with Gasteiger partial charge in [-0.3, -0.25) is 0 Å². The summed E-state index contributed by atoms with van der Waals surface area (Å²) in [4.78, 5) is 0. The van der Waals surface area contributed by atoms with Crippen molar-refractivity contribution < 1.29 is 4.39 Å². The van der Waals surface area contributed by atoms with E-state index in [9.17, 15) is 4.39 Å². The van der Waals surface area contributed by atoms with E-state index in [0.717, 1.165) is 36.9 Å². The van der Waals surface area contributed by atoms with E-state index < -0.39 is 0 Å². The fourth-order valence-corrected chi connectivity index (χ4v) is 2.54. The van der Waals surface area contributed by atoms with Gasteiger partial charge in [0.05, 0.1) is 0 Å². The molecule has 0 aliphatic carbocycles. The summed E-state index contributed by atoms with van der Waals surface area (Å²) in [7, 11) is 0. The molecular weight excluding hydrogens is 201 g/mol. The van der Waals surface area contributed by atoms with Crippen LogP contribution in [0.3, 0.4) is 0 Å². The lowest BCUT2D eigenvalue weighted by Crippen LogP contribution is -2.36. The van der Waals surface area contributed by atoms with E-state index in [1.165, 1.54) is 12.0 Å². The lowest BCUT2D eigenvalue weighted by molar-refractivity contribution is 0.272. The zero-order valence-corrected chi connectivity index (χ0v) is 10.1. The lowest BCUT2D eigenvalue weighted by Gasteiger charge is -2.30. The number of hydrogen-bond donors (Lipinski definition) is 1. The average molecular weight is 221 g/mol. The molecule has 0 spiro atoms. The fourth-order valence-electron chi connectivity index (χ4n) is 2.54. The van der Waals surface area contributed by atoms with E-state index in [0.29, 0.717) is 0 Å². The van der Waals surface area contributed by atoms with Crippen LogP contribution in [-0.2, 0) is 6.42 Å². The maximum absolute atomic E-state index is 13.0. The van der Waals surface area contributed by atoms with E-state index in [4.69, 9.17) is 0 Å². The Morgan fingerprint density at radius 2 is 2.25 bits per heavy atom. The minimum atomic E-state index is -0.125. The standard InChI is InChI=1S/C14H20FN/c1-10-7-14(15)4-3-12(10)8-13-5-6-16-9-11(13)2/h3-4,7,11,13,16H,5-6,8-9H2,1-2H3. The largest absolute Gasteiger partial charge is 0.316 e. The number of halogens is 1. The molecule has 2 rings (SSSR count). The highest BCUT2D eigenvalue weighted by Gasteiger charge is 2.21. The van der Waals surface area contributed by atoms with Crippen LogP contribution in [0.15, 0.2) is 18.2 Å². The van der Waals surface area contributed by atoms with Crippen molar-refractivity contribution in [3.05, 3.63) is 35.1 Å². The molecule has 88 valence electrons. The molecule has 1 nitrogen and oxygen atoms in total. The molecule has 0 aromatic heterocycles. The second-order valence-corrected chi connectivity index (χ2v) is 5.01. The molecule has 0 saturated carbocycles. The third kappa shape index (κ3) is 2.62. The van der Waals surface area contributed by atoms with Crippen LogP contribution in [0.25, 0.3) is 0 Å². The van der Waals surface area contributed by atoms with Crippen molar-refractivity contribution in [3.63, 3.8) is 0 Å². The summed E-state index contributed by atoms with van der Waals surface area (Å²) in [6.07, 6.45) is 2.33. The van der Waals surface area contributed by atoms with Crippen LogP contribution in [0.1, 0.15) is 24.5 Å². The lowest BCUT2D eigenvalue weighted by atomic mass is 9.82. The third-order valence-electron chi connectivity index (χ3n) is 3.75. The molecule has 1 aromatic carbocycles. The van der Waals surface area contributed by atoms with Crippen LogP contribution in [0.5, 0.6) is 0 Å². The Bertz CT molecular complexity index is 362. The Kier molecular flexibility index (Phi) is 3.59. The minimum Gasteiger partial charge on any atom is -0.316 e. The van der Waals surface area contributed by atoms with Crippen LogP contribution in [0, 0.1) is 24.6 Å². The predicted octanol–water partition coefficient (Wildman–Crippen LogP) is 2.92. The van der Waals surface area contributed by atoms with Gasteiger partial charge in [-0.05, 0) is 68.0 Å². The smallest absolute Gasteiger partial charge is 0.123 e. The highest BCUT2D eigenvalue weighted by Crippen LogP contribution is 2.24. The third-order valence-corrected chi connectivity index (χ3v) is 3.75. The zero-order chi connectivity index (χ0) is 11.5. The maximum atomic E-state index is 13.0. The summed E-state index contributed by atoms with van der Waals surface area (Å²) >= 11 is 0. The molecule has 1 N–H and O–H groups in total. The molecule has 1 saturated heterocycles. The molecule has 0 radical (unpaired) electrons. The minimum absolute atomic E-state index is 0.125. The Morgan fingerprint density at radius 1 is 1.44 bits per heavy atom. The van der Waals surface area contributed by atoms with E-state index in [1.807, 2.05) is 13.0 Å². The normalized spacial score (nSPS) is 25.7. The van der Waals surface area contributed by atoms with Gasteiger partial charge in [0.15, 0.2) is 0 Å². The predicted molar refractivity (Wildman–Crippen MR) is 65.0 cm³/mol. The van der Waals surface area contributed by atoms with Gasteiger partial charge in [0.2, 0.25) is 0 Å². The quantitative estimate of drug-likeness (QED) is 0.809. The molecule has 2 heteroatoms. The van der Waals surface area contributed by atoms with Crippen LogP contribution in [0.2, 0.25) is 0 Å². The zero-order valence-electron chi connectivity index (χ0n) is 10.1. The summed E-state index contributed by atoms with van der Waals surface area (Å²) in [6, 6.07) is 5.16. The monoisotopic (exact) mass is 221 g/mol. The van der Waals surface area contributed by atoms with Crippen LogP contribution < -0.4 is 5.32 Å². The van der Waals surface area contributed by atoms with Crippen LogP contribution in [-0.4, -0.2) is 13.1 Å². The number of benzene rings is 1. The van der Waals surface area contributed by atoms with Crippen molar-refractivity contribution in [2.45, 2.75) is 26.7 Å². The summed E-state index contributed by atoms with van der Waals surface area (Å²) in [5.41, 5.74) is 2.39. The molecule has 1 heterocycles. The first-order chi connectivity index (χ1) is 7.66. The maximum Gasteiger partial charge on any atom is 0.123 e. The Labute approximate surface area is 97.1 Å². The first-order valence-electron chi connectivity index (χ1n) is 6.12. The SMILES string of the molecule is Cc1cc(F)ccc1CC1CCNCC1C. The van der Waals surface area contributed by atoms with Crippen molar-refractivity contribution in [1.82, 2.24) is 5.32 Å². The number of aryl methyl sites for hydroxylation is 1. The molecule has 2 unspecified atom stereocenters. The van der Waals surface area contributed by atoms with Crippen LogP contribution >= 0.6 is 0 Å². The van der Waals surface area contributed by atoms with Crippen molar-refractivity contribution >= 4 is 0 Å². The van der Waals surface area contributed by atoms with Gasteiger partial charge in [0.25, 0.3) is 0 Å². The molecule has 1 fully saturated rings. The van der Waals surface area contributed by atoms with Gasteiger partial charge < -0.3 is 5.32 Å². The van der Waals surface area contributed by atoms with Gasteiger partial charge in [-0.2, -0.15) is 0 Å². The second-order valence-electron chi connectivity index (χ2n) is 5.01. The van der Waals surface area contributed by atoms with Crippen LogP contribution in [0.4, 0.5) is 4.39 Å². The molecule has 1 aliphatic rings. The first kappa shape index (κ1) is 11.6. The second kappa shape index (κ2) is 4.96. The first-order valence-corrected chi connectivity index (χ1v) is 6.12. The Hall–Kier alpha value is -0.890. The van der Waals surface area contributed by atoms with E-state index >= 15 is 0 Å². The van der Waals surface area contributed by atoms with Crippen molar-refractivity contribution in [3.8, 4) is 0 Å². The number of piperidine rings is 1. The molecule has 1 aliphatic heterocycles. The topological polar surface area (TPSA) is 12.0 Å².